The van der Waals surface area contributed by atoms with Crippen molar-refractivity contribution < 1.29 is 19.0 Å². The van der Waals surface area contributed by atoms with E-state index in [-0.39, 0.29) is 5.91 Å². The molecular weight excluding hydrogens is 404 g/mol. The second-order valence-electron chi connectivity index (χ2n) is 6.87. The first kappa shape index (κ1) is 20.4. The number of morpholine rings is 1. The summed E-state index contributed by atoms with van der Waals surface area (Å²) in [6, 6.07) is 5.75. The van der Waals surface area contributed by atoms with Gasteiger partial charge in [-0.3, -0.25) is 4.79 Å². The van der Waals surface area contributed by atoms with E-state index in [9.17, 15) is 4.79 Å². The fourth-order valence-electron chi connectivity index (χ4n) is 3.59. The molecule has 1 saturated heterocycles. The van der Waals surface area contributed by atoms with Gasteiger partial charge >= 0.3 is 0 Å². The van der Waals surface area contributed by atoms with Gasteiger partial charge in [-0.1, -0.05) is 12.1 Å². The third-order valence-electron chi connectivity index (χ3n) is 5.15. The Morgan fingerprint density at radius 3 is 2.77 bits per heavy atom. The van der Waals surface area contributed by atoms with E-state index in [1.54, 1.807) is 14.2 Å². The van der Waals surface area contributed by atoms with E-state index in [1.165, 1.54) is 17.7 Å². The van der Waals surface area contributed by atoms with Crippen molar-refractivity contribution in [3.05, 3.63) is 40.5 Å². The van der Waals surface area contributed by atoms with Crippen LogP contribution in [-0.2, 0) is 11.3 Å². The van der Waals surface area contributed by atoms with Crippen molar-refractivity contribution in [1.82, 2.24) is 14.9 Å². The van der Waals surface area contributed by atoms with Gasteiger partial charge in [-0.25, -0.2) is 9.97 Å². The quantitative estimate of drug-likeness (QED) is 0.646. The Kier molecular flexibility index (Phi) is 6.01. The van der Waals surface area contributed by atoms with E-state index in [1.807, 2.05) is 30.0 Å². The van der Waals surface area contributed by atoms with Crippen molar-refractivity contribution in [2.45, 2.75) is 13.5 Å². The number of fused-ring (bicyclic) bond motifs is 1. The van der Waals surface area contributed by atoms with Gasteiger partial charge in [0, 0.05) is 25.2 Å². The number of methoxy groups -OCH3 is 2. The molecule has 1 aliphatic heterocycles. The number of aromatic nitrogens is 2. The zero-order valence-corrected chi connectivity index (χ0v) is 18.0. The number of ether oxygens (including phenoxy) is 3. The van der Waals surface area contributed by atoms with Gasteiger partial charge in [-0.2, -0.15) is 0 Å². The average Bonchev–Trinajstić information content (AvgIpc) is 3.14. The molecule has 4 rings (SSSR count). The van der Waals surface area contributed by atoms with Gasteiger partial charge in [0.05, 0.1) is 37.7 Å². The number of hydrogen-bond acceptors (Lipinski definition) is 8. The van der Waals surface area contributed by atoms with Crippen LogP contribution in [0.5, 0.6) is 11.5 Å². The second-order valence-corrected chi connectivity index (χ2v) is 7.87. The van der Waals surface area contributed by atoms with Gasteiger partial charge in [0.1, 0.15) is 17.0 Å². The highest BCUT2D eigenvalue weighted by atomic mass is 32.1. The molecule has 3 heterocycles. The molecule has 2 aromatic heterocycles. The monoisotopic (exact) mass is 428 g/mol. The molecule has 0 aliphatic carbocycles. The topological polar surface area (TPSA) is 85.8 Å². The van der Waals surface area contributed by atoms with Crippen LogP contribution in [0.15, 0.2) is 24.5 Å². The van der Waals surface area contributed by atoms with Crippen LogP contribution in [0.25, 0.3) is 10.2 Å². The standard InChI is InChI=1S/C21H24N4O4S/c1-13-16-19(22-11-14-5-4-6-15(27-2)17(14)28-3)23-12-24-20(16)30-18(13)21(26)25-7-9-29-10-8-25/h4-6,12H,7-11H2,1-3H3,(H,22,23,24). The zero-order chi connectivity index (χ0) is 21.1. The Morgan fingerprint density at radius 2 is 2.03 bits per heavy atom. The maximum absolute atomic E-state index is 13.0. The zero-order valence-electron chi connectivity index (χ0n) is 17.2. The van der Waals surface area contributed by atoms with Crippen molar-refractivity contribution in [1.29, 1.82) is 0 Å². The molecule has 1 N–H and O–H groups in total. The van der Waals surface area contributed by atoms with Crippen LogP contribution in [-0.4, -0.2) is 61.3 Å². The number of nitrogens with zero attached hydrogens (tertiary/aromatic N) is 3. The highest BCUT2D eigenvalue weighted by molar-refractivity contribution is 7.20. The fraction of sp³-hybridized carbons (Fsp3) is 0.381. The van der Waals surface area contributed by atoms with E-state index in [2.05, 4.69) is 15.3 Å². The third kappa shape index (κ3) is 3.78. The van der Waals surface area contributed by atoms with E-state index in [0.29, 0.717) is 55.0 Å². The largest absolute Gasteiger partial charge is 0.493 e. The summed E-state index contributed by atoms with van der Waals surface area (Å²) in [5.74, 6) is 2.08. The van der Waals surface area contributed by atoms with E-state index < -0.39 is 0 Å². The van der Waals surface area contributed by atoms with Crippen molar-refractivity contribution in [3.8, 4) is 11.5 Å². The summed E-state index contributed by atoms with van der Waals surface area (Å²) < 4.78 is 16.3. The first-order chi connectivity index (χ1) is 14.6. The molecule has 1 aromatic carbocycles. The van der Waals surface area contributed by atoms with Crippen molar-refractivity contribution in [3.63, 3.8) is 0 Å². The van der Waals surface area contributed by atoms with Crippen LogP contribution in [0.2, 0.25) is 0 Å². The van der Waals surface area contributed by atoms with Gasteiger partial charge in [-0.05, 0) is 18.6 Å². The molecule has 1 aliphatic rings. The van der Waals surface area contributed by atoms with Crippen molar-refractivity contribution in [2.24, 2.45) is 0 Å². The third-order valence-corrected chi connectivity index (χ3v) is 6.34. The molecule has 3 aromatic rings. The molecular formula is C21H24N4O4S. The van der Waals surface area contributed by atoms with Gasteiger partial charge in [0.25, 0.3) is 5.91 Å². The first-order valence-corrected chi connectivity index (χ1v) is 10.5. The van der Waals surface area contributed by atoms with E-state index >= 15 is 0 Å². The molecule has 0 bridgehead atoms. The molecule has 8 nitrogen and oxygen atoms in total. The summed E-state index contributed by atoms with van der Waals surface area (Å²) >= 11 is 1.41. The van der Waals surface area contributed by atoms with E-state index in [4.69, 9.17) is 14.2 Å². The average molecular weight is 429 g/mol. The molecule has 9 heteroatoms. The number of nitrogens with one attached hydrogen (secondary N) is 1. The Morgan fingerprint density at radius 1 is 1.23 bits per heavy atom. The molecule has 1 fully saturated rings. The minimum atomic E-state index is 0.0271. The summed E-state index contributed by atoms with van der Waals surface area (Å²) in [5.41, 5.74) is 1.84. The highest BCUT2D eigenvalue weighted by Crippen LogP contribution is 2.35. The Labute approximate surface area is 178 Å². The van der Waals surface area contributed by atoms with Gasteiger partial charge in [-0.15, -0.1) is 11.3 Å². The Hall–Kier alpha value is -2.91. The second kappa shape index (κ2) is 8.85. The maximum atomic E-state index is 13.0. The Bertz CT molecular complexity index is 1060. The minimum absolute atomic E-state index is 0.0271. The number of para-hydroxylation sites is 1. The van der Waals surface area contributed by atoms with Crippen LogP contribution in [0.3, 0.4) is 0 Å². The minimum Gasteiger partial charge on any atom is -0.493 e. The lowest BCUT2D eigenvalue weighted by atomic mass is 10.1. The van der Waals surface area contributed by atoms with Crippen molar-refractivity contribution >= 4 is 33.3 Å². The van der Waals surface area contributed by atoms with Crippen LogP contribution in [0.1, 0.15) is 20.8 Å². The number of benzene rings is 1. The smallest absolute Gasteiger partial charge is 0.264 e. The number of carbonyl (C=O) groups excluding carboxylic acids is 1. The number of amides is 1. The summed E-state index contributed by atoms with van der Waals surface area (Å²) in [6.07, 6.45) is 1.52. The lowest BCUT2D eigenvalue weighted by molar-refractivity contribution is 0.0306. The number of carbonyl (C=O) groups is 1. The van der Waals surface area contributed by atoms with Gasteiger partial charge < -0.3 is 24.4 Å². The van der Waals surface area contributed by atoms with Gasteiger partial charge in [0.2, 0.25) is 0 Å². The van der Waals surface area contributed by atoms with Crippen molar-refractivity contribution in [2.75, 3.05) is 45.8 Å². The number of thiophene rings is 1. The number of anilines is 1. The van der Waals surface area contributed by atoms with Crippen LogP contribution >= 0.6 is 11.3 Å². The van der Waals surface area contributed by atoms with E-state index in [0.717, 1.165) is 21.3 Å². The number of hydrogen-bond donors (Lipinski definition) is 1. The van der Waals surface area contributed by atoms with Crippen LogP contribution in [0, 0.1) is 6.92 Å². The number of aryl methyl sites for hydroxylation is 1. The fourth-order valence-corrected chi connectivity index (χ4v) is 4.71. The Balaban J connectivity index is 1.63. The normalized spacial score (nSPS) is 14.0. The summed E-state index contributed by atoms with van der Waals surface area (Å²) in [6.45, 7) is 4.81. The summed E-state index contributed by atoms with van der Waals surface area (Å²) in [7, 11) is 3.24. The molecule has 1 amide bonds. The highest BCUT2D eigenvalue weighted by Gasteiger charge is 2.25. The SMILES string of the molecule is COc1cccc(CNc2ncnc3sc(C(=O)N4CCOCC4)c(C)c23)c1OC. The maximum Gasteiger partial charge on any atom is 0.264 e. The first-order valence-electron chi connectivity index (χ1n) is 9.69. The lowest BCUT2D eigenvalue weighted by Crippen LogP contribution is -2.40. The molecule has 0 unspecified atom stereocenters. The number of rotatable bonds is 6. The molecule has 158 valence electrons. The van der Waals surface area contributed by atoms with Crippen LogP contribution < -0.4 is 14.8 Å². The summed E-state index contributed by atoms with van der Waals surface area (Å²) in [4.78, 5) is 25.2. The molecule has 30 heavy (non-hydrogen) atoms. The van der Waals surface area contributed by atoms with Crippen LogP contribution in [0.4, 0.5) is 5.82 Å². The predicted octanol–water partition coefficient (Wildman–Crippen LogP) is 3.10. The summed E-state index contributed by atoms with van der Waals surface area (Å²) in [5, 5.41) is 4.25. The molecule has 0 radical (unpaired) electrons. The molecule has 0 saturated carbocycles. The lowest BCUT2D eigenvalue weighted by Gasteiger charge is -2.26. The molecule has 0 atom stereocenters. The predicted molar refractivity (Wildman–Crippen MR) is 116 cm³/mol. The van der Waals surface area contributed by atoms with Gasteiger partial charge in [0.15, 0.2) is 11.5 Å². The molecule has 0 spiro atoms.